The van der Waals surface area contributed by atoms with Crippen LogP contribution in [0.15, 0.2) is 24.3 Å². The lowest BCUT2D eigenvalue weighted by Crippen LogP contribution is -2.60. The van der Waals surface area contributed by atoms with Gasteiger partial charge in [-0.05, 0) is 43.0 Å². The third kappa shape index (κ3) is 4.57. The fourth-order valence-corrected chi connectivity index (χ4v) is 4.46. The van der Waals surface area contributed by atoms with Crippen LogP contribution in [0.4, 0.5) is 0 Å². The summed E-state index contributed by atoms with van der Waals surface area (Å²) < 4.78 is 16.3. The summed E-state index contributed by atoms with van der Waals surface area (Å²) in [5.41, 5.74) is 0.178. The molecule has 5 atom stereocenters. The summed E-state index contributed by atoms with van der Waals surface area (Å²) in [5, 5.41) is 59.6. The van der Waals surface area contributed by atoms with Gasteiger partial charge in [0.2, 0.25) is 12.1 Å². The molecule has 1 saturated heterocycles. The van der Waals surface area contributed by atoms with Crippen molar-refractivity contribution in [3.05, 3.63) is 52.1 Å². The lowest BCUT2D eigenvalue weighted by Gasteiger charge is -2.39. The zero-order valence-corrected chi connectivity index (χ0v) is 19.5. The highest BCUT2D eigenvalue weighted by Crippen LogP contribution is 2.41. The minimum absolute atomic E-state index is 0.0125. The summed E-state index contributed by atoms with van der Waals surface area (Å²) in [6.45, 7) is -0.668. The van der Waals surface area contributed by atoms with Gasteiger partial charge in [0.25, 0.3) is 0 Å². The minimum Gasteiger partial charge on any atom is -0.507 e. The first kappa shape index (κ1) is 26.0. The Bertz CT molecular complexity index is 1160. The molecule has 6 N–H and O–H groups in total. The van der Waals surface area contributed by atoms with E-state index in [9.17, 15) is 35.1 Å². The second kappa shape index (κ2) is 10.5. The predicted octanol–water partition coefficient (Wildman–Crippen LogP) is -0.330. The molecule has 0 saturated carbocycles. The molecule has 1 fully saturated rings. The first-order valence-corrected chi connectivity index (χ1v) is 11.5. The molecule has 1 heterocycles. The number of rotatable bonds is 8. The maximum atomic E-state index is 13.5. The molecule has 4 rings (SSSR count). The van der Waals surface area contributed by atoms with Gasteiger partial charge >= 0.3 is 0 Å². The quantitative estimate of drug-likeness (QED) is 0.221. The molecule has 2 aromatic rings. The van der Waals surface area contributed by atoms with Gasteiger partial charge in [-0.1, -0.05) is 0 Å². The second-order valence-corrected chi connectivity index (χ2v) is 8.74. The summed E-state index contributed by atoms with van der Waals surface area (Å²) in [5.74, 6) is -1.71. The van der Waals surface area contributed by atoms with E-state index >= 15 is 0 Å². The number of ether oxygens (including phenoxy) is 3. The van der Waals surface area contributed by atoms with Crippen LogP contribution in [0.1, 0.15) is 50.2 Å². The lowest BCUT2D eigenvalue weighted by atomic mass is 9.81. The number of carbonyl (C=O) groups is 2. The Morgan fingerprint density at radius 3 is 2.28 bits per heavy atom. The van der Waals surface area contributed by atoms with Gasteiger partial charge in [-0.15, -0.1) is 0 Å². The Kier molecular flexibility index (Phi) is 7.59. The monoisotopic (exact) mass is 504 g/mol. The normalized spacial score (nSPS) is 25.3. The molecule has 0 unspecified atom stereocenters. The number of benzene rings is 2. The zero-order valence-electron chi connectivity index (χ0n) is 19.5. The van der Waals surface area contributed by atoms with E-state index in [2.05, 4.69) is 0 Å². The number of hydrogen-bond donors (Lipinski definition) is 6. The predicted molar refractivity (Wildman–Crippen MR) is 122 cm³/mol. The molecule has 1 aliphatic heterocycles. The van der Waals surface area contributed by atoms with Crippen molar-refractivity contribution in [2.24, 2.45) is 0 Å². The third-order valence-electron chi connectivity index (χ3n) is 6.40. The van der Waals surface area contributed by atoms with Gasteiger partial charge in [0.1, 0.15) is 41.7 Å². The Hall–Kier alpha value is -3.06. The fraction of sp³-hybridized carbons (Fsp3) is 0.440. The van der Waals surface area contributed by atoms with Crippen LogP contribution in [0.2, 0.25) is 0 Å². The van der Waals surface area contributed by atoms with E-state index in [0.29, 0.717) is 24.8 Å². The molecule has 194 valence electrons. The van der Waals surface area contributed by atoms with Crippen molar-refractivity contribution in [1.82, 2.24) is 0 Å². The number of aromatic hydroxyl groups is 1. The van der Waals surface area contributed by atoms with Gasteiger partial charge < -0.3 is 44.8 Å². The number of aryl methyl sites for hydroxylation is 1. The molecule has 0 aromatic heterocycles. The Labute approximate surface area is 206 Å². The highest BCUT2D eigenvalue weighted by Gasteiger charge is 2.45. The average Bonchev–Trinajstić information content (AvgIpc) is 2.86. The van der Waals surface area contributed by atoms with E-state index in [1.54, 1.807) is 0 Å². The molecule has 11 nitrogen and oxygen atoms in total. The number of aliphatic hydroxyl groups is 5. The van der Waals surface area contributed by atoms with Crippen LogP contribution in [0.5, 0.6) is 17.2 Å². The third-order valence-corrected chi connectivity index (χ3v) is 6.40. The maximum Gasteiger partial charge on any atom is 0.229 e. The largest absolute Gasteiger partial charge is 0.507 e. The molecule has 0 radical (unpaired) electrons. The number of methoxy groups -OCH3 is 1. The van der Waals surface area contributed by atoms with Crippen LogP contribution in [0.3, 0.4) is 0 Å². The summed E-state index contributed by atoms with van der Waals surface area (Å²) in [6.07, 6.45) is -6.27. The SMILES string of the molecule is COc1cc(O[C@@H]2O[C@H](CO)[C@@H](O)[C@H](O)[C@H]2O)c2c(c1)C(=O)c1cc(CCCCO)cc(O)c1C2=O. The van der Waals surface area contributed by atoms with Gasteiger partial charge in [-0.25, -0.2) is 0 Å². The first-order valence-electron chi connectivity index (χ1n) is 11.5. The number of fused-ring (bicyclic) bond motifs is 2. The van der Waals surface area contributed by atoms with Crippen molar-refractivity contribution in [3.8, 4) is 17.2 Å². The molecule has 0 amide bonds. The number of unbranched alkanes of at least 4 members (excludes halogenated alkanes) is 1. The van der Waals surface area contributed by atoms with Crippen molar-refractivity contribution >= 4 is 11.6 Å². The number of hydrogen-bond acceptors (Lipinski definition) is 11. The van der Waals surface area contributed by atoms with Gasteiger partial charge in [0.05, 0.1) is 24.8 Å². The van der Waals surface area contributed by atoms with E-state index in [0.717, 1.165) is 0 Å². The minimum atomic E-state index is -1.75. The van der Waals surface area contributed by atoms with Crippen LogP contribution in [-0.4, -0.2) is 93.2 Å². The average molecular weight is 504 g/mol. The number of aliphatic hydroxyl groups excluding tert-OH is 5. The van der Waals surface area contributed by atoms with Crippen LogP contribution in [0, 0.1) is 0 Å². The molecule has 36 heavy (non-hydrogen) atoms. The molecule has 2 aromatic carbocycles. The summed E-state index contributed by atoms with van der Waals surface area (Å²) in [4.78, 5) is 27.0. The molecule has 11 heteroatoms. The summed E-state index contributed by atoms with van der Waals surface area (Å²) in [7, 11) is 1.34. The van der Waals surface area contributed by atoms with Crippen molar-refractivity contribution in [3.63, 3.8) is 0 Å². The lowest BCUT2D eigenvalue weighted by molar-refractivity contribution is -0.277. The maximum absolute atomic E-state index is 13.5. The second-order valence-electron chi connectivity index (χ2n) is 8.74. The van der Waals surface area contributed by atoms with Gasteiger partial charge in [-0.2, -0.15) is 0 Å². The van der Waals surface area contributed by atoms with E-state index in [4.69, 9.17) is 19.3 Å². The highest BCUT2D eigenvalue weighted by atomic mass is 16.7. The molecule has 2 aliphatic rings. The van der Waals surface area contributed by atoms with Crippen molar-refractivity contribution in [2.75, 3.05) is 20.3 Å². The number of ketones is 2. The van der Waals surface area contributed by atoms with Crippen molar-refractivity contribution in [2.45, 2.75) is 50.0 Å². The Balaban J connectivity index is 1.75. The topological polar surface area (TPSA) is 183 Å². The van der Waals surface area contributed by atoms with E-state index in [-0.39, 0.29) is 46.1 Å². The fourth-order valence-electron chi connectivity index (χ4n) is 4.46. The van der Waals surface area contributed by atoms with E-state index in [1.165, 1.54) is 31.4 Å². The zero-order chi connectivity index (χ0) is 26.1. The molecule has 0 spiro atoms. The van der Waals surface area contributed by atoms with Crippen LogP contribution < -0.4 is 9.47 Å². The Morgan fingerprint density at radius 1 is 0.889 bits per heavy atom. The molecule has 0 bridgehead atoms. The number of phenolic OH excluding ortho intramolecular Hbond substituents is 1. The molecule has 1 aliphatic carbocycles. The first-order chi connectivity index (χ1) is 17.2. The summed E-state index contributed by atoms with van der Waals surface area (Å²) >= 11 is 0. The van der Waals surface area contributed by atoms with Gasteiger partial charge in [0.15, 0.2) is 5.78 Å². The standard InChI is InChI=1S/C25H28O11/c1-34-12-8-14-19(16(9-12)35-25-24(33)23(32)21(30)17(10-27)36-25)22(31)18-13(20(14)29)6-11(7-15(18)28)4-2-3-5-26/h6-9,17,21,23-28,30,32-33H,2-5,10H2,1H3/t17-,21-,23+,24-,25-/m1/s1. The van der Waals surface area contributed by atoms with Crippen molar-refractivity contribution < 1.29 is 54.4 Å². The number of carbonyl (C=O) groups excluding carboxylic acids is 2. The Morgan fingerprint density at radius 2 is 1.61 bits per heavy atom. The summed E-state index contributed by atoms with van der Waals surface area (Å²) in [6, 6.07) is 5.58. The van der Waals surface area contributed by atoms with E-state index < -0.39 is 48.9 Å². The van der Waals surface area contributed by atoms with Crippen LogP contribution >= 0.6 is 0 Å². The molecular weight excluding hydrogens is 476 g/mol. The van der Waals surface area contributed by atoms with Crippen LogP contribution in [0.25, 0.3) is 0 Å². The van der Waals surface area contributed by atoms with Gasteiger partial charge in [0, 0.05) is 23.8 Å². The van der Waals surface area contributed by atoms with Crippen molar-refractivity contribution in [1.29, 1.82) is 0 Å². The smallest absolute Gasteiger partial charge is 0.229 e. The van der Waals surface area contributed by atoms with E-state index in [1.807, 2.05) is 0 Å². The van der Waals surface area contributed by atoms with Gasteiger partial charge in [-0.3, -0.25) is 9.59 Å². The molecular formula is C25H28O11. The number of phenols is 1. The van der Waals surface area contributed by atoms with Crippen LogP contribution in [-0.2, 0) is 11.2 Å². The highest BCUT2D eigenvalue weighted by molar-refractivity contribution is 6.30.